The summed E-state index contributed by atoms with van der Waals surface area (Å²) in [5.41, 5.74) is 3.36. The van der Waals surface area contributed by atoms with Crippen LogP contribution in [0.4, 0.5) is 5.82 Å². The van der Waals surface area contributed by atoms with Crippen molar-refractivity contribution in [2.75, 3.05) is 44.3 Å². The molecule has 5 rings (SSSR count). The van der Waals surface area contributed by atoms with Gasteiger partial charge in [-0.1, -0.05) is 0 Å². The van der Waals surface area contributed by atoms with Crippen LogP contribution in [0.25, 0.3) is 11.0 Å². The van der Waals surface area contributed by atoms with Gasteiger partial charge < -0.3 is 9.64 Å². The molecule has 27 heavy (non-hydrogen) atoms. The van der Waals surface area contributed by atoms with Crippen LogP contribution in [0.15, 0.2) is 18.7 Å². The van der Waals surface area contributed by atoms with Gasteiger partial charge in [0.05, 0.1) is 31.0 Å². The van der Waals surface area contributed by atoms with Gasteiger partial charge in [-0.25, -0.2) is 9.97 Å². The molecule has 9 nitrogen and oxygen atoms in total. The highest BCUT2D eigenvalue weighted by molar-refractivity contribution is 5.86. The number of aromatic nitrogens is 6. The Bertz CT molecular complexity index is 900. The van der Waals surface area contributed by atoms with E-state index in [4.69, 9.17) is 4.74 Å². The summed E-state index contributed by atoms with van der Waals surface area (Å²) in [7, 11) is 0. The fourth-order valence-electron chi connectivity index (χ4n) is 4.21. The number of anilines is 1. The lowest BCUT2D eigenvalue weighted by Crippen LogP contribution is -2.37. The zero-order chi connectivity index (χ0) is 18.1. The standard InChI is InChI=1S/C18H24N8O/c1-2-13(16-14(8-21-23-16)10-25-4-6-27-7-5-25)11-26(3-1)18-15-9-22-24-17(15)19-12-20-18/h8-9,12-13H,1-7,10-11H2,(H,21,23)(H,19,20,22,24)/t13-/m1/s1. The van der Waals surface area contributed by atoms with Crippen molar-refractivity contribution in [3.8, 4) is 0 Å². The number of nitrogens with one attached hydrogen (secondary N) is 2. The third kappa shape index (κ3) is 3.28. The molecule has 2 aliphatic rings. The number of hydrogen-bond donors (Lipinski definition) is 2. The van der Waals surface area contributed by atoms with Crippen LogP contribution in [0.2, 0.25) is 0 Å². The topological polar surface area (TPSA) is 98.9 Å². The van der Waals surface area contributed by atoms with Crippen LogP contribution in [0, 0.1) is 0 Å². The third-order valence-electron chi connectivity index (χ3n) is 5.61. The van der Waals surface area contributed by atoms with Gasteiger partial charge in [-0.3, -0.25) is 15.1 Å². The zero-order valence-corrected chi connectivity index (χ0v) is 15.3. The Morgan fingerprint density at radius 1 is 1.07 bits per heavy atom. The molecule has 0 aromatic carbocycles. The number of aromatic amines is 2. The van der Waals surface area contributed by atoms with Crippen LogP contribution < -0.4 is 4.90 Å². The number of H-pyrrole nitrogens is 2. The van der Waals surface area contributed by atoms with Gasteiger partial charge in [0, 0.05) is 49.9 Å². The van der Waals surface area contributed by atoms with Crippen molar-refractivity contribution in [3.05, 3.63) is 30.0 Å². The first-order valence-corrected chi connectivity index (χ1v) is 9.60. The normalized spacial score (nSPS) is 21.8. The highest BCUT2D eigenvalue weighted by atomic mass is 16.5. The van der Waals surface area contributed by atoms with E-state index < -0.39 is 0 Å². The minimum atomic E-state index is 0.425. The minimum absolute atomic E-state index is 0.425. The molecule has 3 aromatic rings. The summed E-state index contributed by atoms with van der Waals surface area (Å²) in [5, 5.41) is 15.7. The summed E-state index contributed by atoms with van der Waals surface area (Å²) < 4.78 is 5.47. The summed E-state index contributed by atoms with van der Waals surface area (Å²) in [6, 6.07) is 0. The van der Waals surface area contributed by atoms with Crippen LogP contribution in [-0.2, 0) is 11.3 Å². The Balaban J connectivity index is 1.36. The fraction of sp³-hybridized carbons (Fsp3) is 0.556. The summed E-state index contributed by atoms with van der Waals surface area (Å²) in [5.74, 6) is 1.39. The number of piperidine rings is 1. The van der Waals surface area contributed by atoms with Crippen molar-refractivity contribution in [3.63, 3.8) is 0 Å². The largest absolute Gasteiger partial charge is 0.379 e. The first kappa shape index (κ1) is 16.6. The monoisotopic (exact) mass is 368 g/mol. The SMILES string of the molecule is c1nc(N2CCC[C@@H](c3[nH]ncc3CN3CCOCC3)C2)c2cn[nH]c2n1. The Kier molecular flexibility index (Phi) is 4.46. The van der Waals surface area contributed by atoms with Gasteiger partial charge >= 0.3 is 0 Å². The van der Waals surface area contributed by atoms with Crippen LogP contribution >= 0.6 is 0 Å². The van der Waals surface area contributed by atoms with Gasteiger partial charge in [-0.2, -0.15) is 10.2 Å². The second-order valence-corrected chi connectivity index (χ2v) is 7.31. The fourth-order valence-corrected chi connectivity index (χ4v) is 4.21. The van der Waals surface area contributed by atoms with E-state index in [1.54, 1.807) is 6.33 Å². The highest BCUT2D eigenvalue weighted by Gasteiger charge is 2.27. The first-order valence-electron chi connectivity index (χ1n) is 9.60. The second kappa shape index (κ2) is 7.24. The van der Waals surface area contributed by atoms with Crippen molar-refractivity contribution in [1.82, 2.24) is 35.3 Å². The molecule has 0 radical (unpaired) electrons. The minimum Gasteiger partial charge on any atom is -0.379 e. The van der Waals surface area contributed by atoms with E-state index in [2.05, 4.69) is 40.2 Å². The lowest BCUT2D eigenvalue weighted by molar-refractivity contribution is 0.0340. The van der Waals surface area contributed by atoms with Gasteiger partial charge in [0.2, 0.25) is 0 Å². The highest BCUT2D eigenvalue weighted by Crippen LogP contribution is 2.32. The van der Waals surface area contributed by atoms with E-state index in [1.807, 2.05) is 12.4 Å². The third-order valence-corrected chi connectivity index (χ3v) is 5.61. The molecule has 0 aliphatic carbocycles. The summed E-state index contributed by atoms with van der Waals surface area (Å²) in [6.07, 6.45) is 7.70. The molecule has 3 aromatic heterocycles. The molecule has 0 spiro atoms. The molecular weight excluding hydrogens is 344 g/mol. The summed E-state index contributed by atoms with van der Waals surface area (Å²) in [4.78, 5) is 13.6. The predicted octanol–water partition coefficient (Wildman–Crippen LogP) is 1.29. The molecule has 0 amide bonds. The van der Waals surface area contributed by atoms with E-state index in [1.165, 1.54) is 11.3 Å². The molecule has 2 fully saturated rings. The number of rotatable bonds is 4. The van der Waals surface area contributed by atoms with Crippen molar-refractivity contribution >= 4 is 16.9 Å². The lowest BCUT2D eigenvalue weighted by Gasteiger charge is -2.34. The van der Waals surface area contributed by atoms with Crippen molar-refractivity contribution < 1.29 is 4.74 Å². The number of fused-ring (bicyclic) bond motifs is 1. The van der Waals surface area contributed by atoms with Gasteiger partial charge in [0.15, 0.2) is 5.65 Å². The number of ether oxygens (including phenoxy) is 1. The smallest absolute Gasteiger partial charge is 0.160 e. The molecular formula is C18H24N8O. The van der Waals surface area contributed by atoms with Gasteiger partial charge in [-0.05, 0) is 12.8 Å². The van der Waals surface area contributed by atoms with E-state index >= 15 is 0 Å². The van der Waals surface area contributed by atoms with E-state index in [0.717, 1.165) is 75.6 Å². The number of nitrogens with zero attached hydrogens (tertiary/aromatic N) is 6. The van der Waals surface area contributed by atoms with E-state index in [-0.39, 0.29) is 0 Å². The maximum atomic E-state index is 5.47. The lowest BCUT2D eigenvalue weighted by atomic mass is 9.92. The number of morpholine rings is 1. The molecule has 0 bridgehead atoms. The average Bonchev–Trinajstić information content (AvgIpc) is 3.38. The second-order valence-electron chi connectivity index (χ2n) is 7.31. The van der Waals surface area contributed by atoms with Crippen LogP contribution in [0.5, 0.6) is 0 Å². The Hall–Kier alpha value is -2.52. The molecule has 0 unspecified atom stereocenters. The van der Waals surface area contributed by atoms with Gasteiger partial charge in [-0.15, -0.1) is 0 Å². The van der Waals surface area contributed by atoms with Crippen molar-refractivity contribution in [1.29, 1.82) is 0 Å². The van der Waals surface area contributed by atoms with Crippen LogP contribution in [0.1, 0.15) is 30.0 Å². The first-order chi connectivity index (χ1) is 13.4. The van der Waals surface area contributed by atoms with Gasteiger partial charge in [0.25, 0.3) is 0 Å². The maximum absolute atomic E-state index is 5.47. The molecule has 5 heterocycles. The Labute approximate surface area is 157 Å². The maximum Gasteiger partial charge on any atom is 0.160 e. The molecule has 2 aliphatic heterocycles. The number of hydrogen-bond acceptors (Lipinski definition) is 7. The van der Waals surface area contributed by atoms with E-state index in [0.29, 0.717) is 5.92 Å². The summed E-state index contributed by atoms with van der Waals surface area (Å²) >= 11 is 0. The summed E-state index contributed by atoms with van der Waals surface area (Å²) in [6.45, 7) is 6.47. The van der Waals surface area contributed by atoms with E-state index in [9.17, 15) is 0 Å². The van der Waals surface area contributed by atoms with Crippen molar-refractivity contribution in [2.45, 2.75) is 25.3 Å². The molecule has 2 saturated heterocycles. The zero-order valence-electron chi connectivity index (χ0n) is 15.3. The molecule has 9 heteroatoms. The molecule has 1 atom stereocenters. The molecule has 2 N–H and O–H groups in total. The van der Waals surface area contributed by atoms with Crippen LogP contribution in [0.3, 0.4) is 0 Å². The quantitative estimate of drug-likeness (QED) is 0.716. The molecule has 0 saturated carbocycles. The Morgan fingerprint density at radius 3 is 2.89 bits per heavy atom. The van der Waals surface area contributed by atoms with Gasteiger partial charge in [0.1, 0.15) is 12.1 Å². The Morgan fingerprint density at radius 2 is 1.96 bits per heavy atom. The molecule has 142 valence electrons. The van der Waals surface area contributed by atoms with Crippen molar-refractivity contribution in [2.24, 2.45) is 0 Å². The van der Waals surface area contributed by atoms with Crippen LogP contribution in [-0.4, -0.2) is 74.7 Å². The predicted molar refractivity (Wildman–Crippen MR) is 101 cm³/mol. The average molecular weight is 368 g/mol.